The number of carbonyl (C=O) groups is 1. The lowest BCUT2D eigenvalue weighted by Crippen LogP contribution is -2.11. The lowest BCUT2D eigenvalue weighted by molar-refractivity contribution is -0.141. The first kappa shape index (κ1) is 9.26. The van der Waals surface area contributed by atoms with Crippen molar-refractivity contribution in [1.29, 1.82) is 0 Å². The van der Waals surface area contributed by atoms with Crippen molar-refractivity contribution in [1.82, 2.24) is 0 Å². The summed E-state index contributed by atoms with van der Waals surface area (Å²) < 4.78 is 0. The van der Waals surface area contributed by atoms with Crippen LogP contribution in [0.5, 0.6) is 0 Å². The molecule has 1 unspecified atom stereocenters. The number of aliphatic carboxylic acids is 1. The predicted octanol–water partition coefficient (Wildman–Crippen LogP) is 2.32. The van der Waals surface area contributed by atoms with Crippen LogP contribution in [0, 0.1) is 12.8 Å². The Morgan fingerprint density at radius 3 is 2.83 bits per heavy atom. The monoisotopic (exact) mass is 184 g/mol. The van der Waals surface area contributed by atoms with Gasteiger partial charge in [0.15, 0.2) is 0 Å². The molecule has 1 atom stereocenters. The van der Waals surface area contributed by atoms with Crippen LogP contribution in [0.3, 0.4) is 0 Å². The number of hydrogen-bond acceptors (Lipinski definition) is 2. The molecule has 0 saturated carbocycles. The average Bonchev–Trinajstić information content (AvgIpc) is 2.35. The van der Waals surface area contributed by atoms with Gasteiger partial charge in [0.05, 0.1) is 5.92 Å². The van der Waals surface area contributed by atoms with Crippen molar-refractivity contribution in [2.75, 3.05) is 0 Å². The van der Waals surface area contributed by atoms with Gasteiger partial charge >= 0.3 is 5.97 Å². The molecule has 2 nitrogen and oxygen atoms in total. The Morgan fingerprint density at radius 2 is 2.42 bits per heavy atom. The topological polar surface area (TPSA) is 37.3 Å². The van der Waals surface area contributed by atoms with Crippen molar-refractivity contribution in [3.63, 3.8) is 0 Å². The van der Waals surface area contributed by atoms with E-state index in [1.807, 2.05) is 18.4 Å². The Morgan fingerprint density at radius 1 is 1.75 bits per heavy atom. The lowest BCUT2D eigenvalue weighted by atomic mass is 10.0. The van der Waals surface area contributed by atoms with Crippen LogP contribution < -0.4 is 0 Å². The second-order valence-corrected chi connectivity index (χ2v) is 4.12. The molecule has 0 fully saturated rings. The number of carboxylic acid groups (broad SMARTS) is 1. The van der Waals surface area contributed by atoms with Gasteiger partial charge in [0, 0.05) is 4.88 Å². The van der Waals surface area contributed by atoms with Crippen molar-refractivity contribution >= 4 is 17.3 Å². The van der Waals surface area contributed by atoms with E-state index < -0.39 is 5.97 Å². The lowest BCUT2D eigenvalue weighted by Gasteiger charge is -2.02. The molecule has 1 N–H and O–H groups in total. The molecular formula is C9H12O2S. The summed E-state index contributed by atoms with van der Waals surface area (Å²) in [5.41, 5.74) is 1.13. The molecule has 1 heterocycles. The quantitative estimate of drug-likeness (QED) is 0.782. The Hall–Kier alpha value is -0.830. The van der Waals surface area contributed by atoms with E-state index >= 15 is 0 Å². The van der Waals surface area contributed by atoms with Gasteiger partial charge in [-0.1, -0.05) is 6.92 Å². The maximum Gasteiger partial charge on any atom is 0.306 e. The summed E-state index contributed by atoms with van der Waals surface area (Å²) in [5.74, 6) is -1.00. The number of aryl methyl sites for hydroxylation is 1. The van der Waals surface area contributed by atoms with Gasteiger partial charge in [-0.3, -0.25) is 4.79 Å². The third-order valence-corrected chi connectivity index (χ3v) is 2.66. The normalized spacial score (nSPS) is 12.8. The van der Waals surface area contributed by atoms with Gasteiger partial charge in [-0.05, 0) is 30.4 Å². The maximum atomic E-state index is 10.5. The molecule has 0 aromatic carbocycles. The van der Waals surface area contributed by atoms with Crippen molar-refractivity contribution in [2.24, 2.45) is 5.92 Å². The molecule has 0 bridgehead atoms. The first-order valence-electron chi connectivity index (χ1n) is 3.86. The molecule has 0 aliphatic rings. The minimum atomic E-state index is -0.723. The molecule has 3 heteroatoms. The summed E-state index contributed by atoms with van der Waals surface area (Å²) in [5, 5.41) is 10.7. The molecule has 66 valence electrons. The van der Waals surface area contributed by atoms with Crippen LogP contribution in [-0.2, 0) is 11.2 Å². The molecular weight excluding hydrogens is 172 g/mol. The summed E-state index contributed by atoms with van der Waals surface area (Å²) in [6.45, 7) is 3.76. The van der Waals surface area contributed by atoms with Gasteiger partial charge in [0.2, 0.25) is 0 Å². The standard InChI is InChI=1S/C9H12O2S/c1-6(9(10)11)3-8-4-7(2)12-5-8/h4-6H,3H2,1-2H3,(H,10,11). The van der Waals surface area contributed by atoms with E-state index in [-0.39, 0.29) is 5.92 Å². The van der Waals surface area contributed by atoms with Crippen LogP contribution in [0.15, 0.2) is 11.4 Å². The number of hydrogen-bond donors (Lipinski definition) is 1. The predicted molar refractivity (Wildman–Crippen MR) is 49.6 cm³/mol. The number of thiophene rings is 1. The first-order valence-corrected chi connectivity index (χ1v) is 4.74. The van der Waals surface area contributed by atoms with Gasteiger partial charge in [0.25, 0.3) is 0 Å². The Bertz CT molecular complexity index is 278. The van der Waals surface area contributed by atoms with E-state index in [2.05, 4.69) is 0 Å². The molecule has 0 amide bonds. The fourth-order valence-corrected chi connectivity index (χ4v) is 1.77. The summed E-state index contributed by atoms with van der Waals surface area (Å²) in [7, 11) is 0. The van der Waals surface area contributed by atoms with Crippen LogP contribution in [0.2, 0.25) is 0 Å². The van der Waals surface area contributed by atoms with Crippen molar-refractivity contribution in [3.8, 4) is 0 Å². The molecule has 0 radical (unpaired) electrons. The molecule has 0 saturated heterocycles. The van der Waals surface area contributed by atoms with Crippen LogP contribution in [0.25, 0.3) is 0 Å². The molecule has 0 aliphatic heterocycles. The Kier molecular flexibility index (Phi) is 2.87. The second kappa shape index (κ2) is 3.72. The van der Waals surface area contributed by atoms with Crippen molar-refractivity contribution < 1.29 is 9.90 Å². The zero-order valence-corrected chi connectivity index (χ0v) is 8.02. The zero-order valence-electron chi connectivity index (χ0n) is 7.20. The minimum Gasteiger partial charge on any atom is -0.481 e. The SMILES string of the molecule is Cc1cc(CC(C)C(=O)O)cs1. The van der Waals surface area contributed by atoms with Gasteiger partial charge in [-0.15, -0.1) is 11.3 Å². The highest BCUT2D eigenvalue weighted by molar-refractivity contribution is 7.10. The van der Waals surface area contributed by atoms with Crippen molar-refractivity contribution in [3.05, 3.63) is 21.9 Å². The molecule has 1 aromatic heterocycles. The van der Waals surface area contributed by atoms with Crippen molar-refractivity contribution in [2.45, 2.75) is 20.3 Å². The minimum absolute atomic E-state index is 0.279. The van der Waals surface area contributed by atoms with Crippen LogP contribution >= 0.6 is 11.3 Å². The van der Waals surface area contributed by atoms with Gasteiger partial charge in [0.1, 0.15) is 0 Å². The largest absolute Gasteiger partial charge is 0.481 e. The fraction of sp³-hybridized carbons (Fsp3) is 0.444. The molecule has 12 heavy (non-hydrogen) atoms. The molecule has 1 aromatic rings. The third kappa shape index (κ3) is 2.34. The second-order valence-electron chi connectivity index (χ2n) is 3.01. The average molecular weight is 184 g/mol. The van der Waals surface area contributed by atoms with E-state index in [0.29, 0.717) is 6.42 Å². The van der Waals surface area contributed by atoms with Gasteiger partial charge < -0.3 is 5.11 Å². The maximum absolute atomic E-state index is 10.5. The zero-order chi connectivity index (χ0) is 9.14. The number of rotatable bonds is 3. The summed E-state index contributed by atoms with van der Waals surface area (Å²) in [4.78, 5) is 11.8. The first-order chi connectivity index (χ1) is 5.59. The summed E-state index contributed by atoms with van der Waals surface area (Å²) in [6, 6.07) is 2.05. The van der Waals surface area contributed by atoms with Crippen LogP contribution in [-0.4, -0.2) is 11.1 Å². The Balaban J connectivity index is 2.58. The van der Waals surface area contributed by atoms with E-state index in [1.165, 1.54) is 4.88 Å². The summed E-state index contributed by atoms with van der Waals surface area (Å²) in [6.07, 6.45) is 0.639. The van der Waals surface area contributed by atoms with E-state index in [4.69, 9.17) is 5.11 Å². The van der Waals surface area contributed by atoms with Gasteiger partial charge in [-0.25, -0.2) is 0 Å². The smallest absolute Gasteiger partial charge is 0.306 e. The van der Waals surface area contributed by atoms with Gasteiger partial charge in [-0.2, -0.15) is 0 Å². The van der Waals surface area contributed by atoms with E-state index in [1.54, 1.807) is 18.3 Å². The molecule has 0 spiro atoms. The van der Waals surface area contributed by atoms with E-state index in [0.717, 1.165) is 5.56 Å². The fourth-order valence-electron chi connectivity index (χ4n) is 1.05. The molecule has 0 aliphatic carbocycles. The highest BCUT2D eigenvalue weighted by Gasteiger charge is 2.11. The van der Waals surface area contributed by atoms with E-state index in [9.17, 15) is 4.79 Å². The highest BCUT2D eigenvalue weighted by Crippen LogP contribution is 2.16. The number of carboxylic acids is 1. The molecule has 1 rings (SSSR count). The summed E-state index contributed by atoms with van der Waals surface area (Å²) >= 11 is 1.67. The Labute approximate surface area is 75.9 Å². The van der Waals surface area contributed by atoms with Crippen LogP contribution in [0.4, 0.5) is 0 Å². The third-order valence-electron chi connectivity index (χ3n) is 1.75. The van der Waals surface area contributed by atoms with Crippen LogP contribution in [0.1, 0.15) is 17.4 Å². The highest BCUT2D eigenvalue weighted by atomic mass is 32.1.